The number of carbonyl (C=O) groups is 1. The molecule has 3 nitrogen and oxygen atoms in total. The van der Waals surface area contributed by atoms with Gasteiger partial charge in [0.25, 0.3) is 0 Å². The van der Waals surface area contributed by atoms with Crippen LogP contribution in [0.4, 0.5) is 5.69 Å². The standard InChI is InChI=1S/C14H19ClN2O/c1-10-8-9-17(13(18)14(2,3)16-10)12-6-4-11(15)5-7-12/h4-7,10,16H,8-9H2,1-3H3. The van der Waals surface area contributed by atoms with E-state index in [-0.39, 0.29) is 5.91 Å². The molecule has 18 heavy (non-hydrogen) atoms. The normalized spacial score (nSPS) is 23.9. The van der Waals surface area contributed by atoms with Crippen LogP contribution in [0.2, 0.25) is 5.02 Å². The highest BCUT2D eigenvalue weighted by atomic mass is 35.5. The smallest absolute Gasteiger partial charge is 0.246 e. The number of amides is 1. The number of benzene rings is 1. The molecule has 1 aromatic carbocycles. The first kappa shape index (κ1) is 13.4. The maximum atomic E-state index is 12.5. The predicted octanol–water partition coefficient (Wildman–Crippen LogP) is 2.83. The summed E-state index contributed by atoms with van der Waals surface area (Å²) in [5.74, 6) is 0.106. The monoisotopic (exact) mass is 266 g/mol. The minimum absolute atomic E-state index is 0.106. The third-order valence-corrected chi connectivity index (χ3v) is 3.56. The van der Waals surface area contributed by atoms with Crippen molar-refractivity contribution in [3.63, 3.8) is 0 Å². The number of rotatable bonds is 1. The van der Waals surface area contributed by atoms with E-state index in [0.717, 1.165) is 18.7 Å². The van der Waals surface area contributed by atoms with Crippen LogP contribution in [-0.2, 0) is 4.79 Å². The number of nitrogens with zero attached hydrogens (tertiary/aromatic N) is 1. The van der Waals surface area contributed by atoms with Gasteiger partial charge in [-0.3, -0.25) is 4.79 Å². The molecule has 0 saturated carbocycles. The van der Waals surface area contributed by atoms with E-state index < -0.39 is 5.54 Å². The third-order valence-electron chi connectivity index (χ3n) is 3.31. The SMILES string of the molecule is CC1CCN(c2ccc(Cl)cc2)C(=O)C(C)(C)N1. The van der Waals surface area contributed by atoms with Crippen molar-refractivity contribution in [2.75, 3.05) is 11.4 Å². The summed E-state index contributed by atoms with van der Waals surface area (Å²) >= 11 is 5.88. The quantitative estimate of drug-likeness (QED) is 0.848. The molecule has 1 aliphatic heterocycles. The minimum atomic E-state index is -0.532. The van der Waals surface area contributed by atoms with Crippen LogP contribution in [-0.4, -0.2) is 24.0 Å². The van der Waals surface area contributed by atoms with Gasteiger partial charge in [0.1, 0.15) is 0 Å². The lowest BCUT2D eigenvalue weighted by Crippen LogP contribution is -2.53. The summed E-state index contributed by atoms with van der Waals surface area (Å²) in [5, 5.41) is 4.05. The molecule has 1 atom stereocenters. The second-order valence-corrected chi connectivity index (χ2v) is 5.83. The van der Waals surface area contributed by atoms with Gasteiger partial charge in [-0.05, 0) is 51.5 Å². The van der Waals surface area contributed by atoms with E-state index >= 15 is 0 Å². The zero-order valence-corrected chi connectivity index (χ0v) is 11.8. The molecule has 0 aromatic heterocycles. The number of nitrogens with one attached hydrogen (secondary N) is 1. The fourth-order valence-corrected chi connectivity index (χ4v) is 2.50. The van der Waals surface area contributed by atoms with Crippen LogP contribution in [0.25, 0.3) is 0 Å². The molecule has 0 radical (unpaired) electrons. The second kappa shape index (κ2) is 4.90. The van der Waals surface area contributed by atoms with Gasteiger partial charge in [0.2, 0.25) is 5.91 Å². The van der Waals surface area contributed by atoms with Gasteiger partial charge in [-0.1, -0.05) is 11.6 Å². The average molecular weight is 267 g/mol. The first-order chi connectivity index (χ1) is 8.40. The summed E-state index contributed by atoms with van der Waals surface area (Å²) in [4.78, 5) is 14.4. The van der Waals surface area contributed by atoms with E-state index in [1.807, 2.05) is 43.0 Å². The summed E-state index contributed by atoms with van der Waals surface area (Å²) in [5.41, 5.74) is 0.378. The molecule has 1 aliphatic rings. The van der Waals surface area contributed by atoms with E-state index in [0.29, 0.717) is 11.1 Å². The molecule has 1 N–H and O–H groups in total. The second-order valence-electron chi connectivity index (χ2n) is 5.39. The van der Waals surface area contributed by atoms with Crippen LogP contribution in [0.3, 0.4) is 0 Å². The Bertz CT molecular complexity index is 442. The molecule has 1 heterocycles. The zero-order chi connectivity index (χ0) is 13.3. The Kier molecular flexibility index (Phi) is 3.64. The van der Waals surface area contributed by atoms with E-state index in [4.69, 9.17) is 11.6 Å². The van der Waals surface area contributed by atoms with Crippen LogP contribution in [0.5, 0.6) is 0 Å². The Morgan fingerprint density at radius 2 is 1.94 bits per heavy atom. The fourth-order valence-electron chi connectivity index (χ4n) is 2.38. The summed E-state index contributed by atoms with van der Waals surface area (Å²) in [7, 11) is 0. The van der Waals surface area contributed by atoms with Crippen LogP contribution in [0.15, 0.2) is 24.3 Å². The highest BCUT2D eigenvalue weighted by molar-refractivity contribution is 6.30. The van der Waals surface area contributed by atoms with E-state index in [1.54, 1.807) is 0 Å². The summed E-state index contributed by atoms with van der Waals surface area (Å²) in [6.45, 7) is 6.71. The van der Waals surface area contributed by atoms with Crippen molar-refractivity contribution in [1.82, 2.24) is 5.32 Å². The first-order valence-corrected chi connectivity index (χ1v) is 6.63. The summed E-state index contributed by atoms with van der Waals surface area (Å²) in [6.07, 6.45) is 0.942. The van der Waals surface area contributed by atoms with E-state index in [9.17, 15) is 4.79 Å². The largest absolute Gasteiger partial charge is 0.311 e. The minimum Gasteiger partial charge on any atom is -0.311 e. The number of carbonyl (C=O) groups excluding carboxylic acids is 1. The Morgan fingerprint density at radius 3 is 2.56 bits per heavy atom. The number of hydrogen-bond donors (Lipinski definition) is 1. The Labute approximate surface area is 113 Å². The molecule has 2 rings (SSSR count). The van der Waals surface area contributed by atoms with Crippen LogP contribution >= 0.6 is 11.6 Å². The number of halogens is 1. The molecule has 4 heteroatoms. The molecule has 0 aliphatic carbocycles. The molecular weight excluding hydrogens is 248 g/mol. The fraction of sp³-hybridized carbons (Fsp3) is 0.500. The Morgan fingerprint density at radius 1 is 1.33 bits per heavy atom. The van der Waals surface area contributed by atoms with Gasteiger partial charge in [-0.15, -0.1) is 0 Å². The zero-order valence-electron chi connectivity index (χ0n) is 11.0. The molecule has 0 bridgehead atoms. The lowest BCUT2D eigenvalue weighted by atomic mass is 10.0. The molecule has 1 aromatic rings. The van der Waals surface area contributed by atoms with Gasteiger partial charge in [-0.2, -0.15) is 0 Å². The molecule has 0 spiro atoms. The highest BCUT2D eigenvalue weighted by Crippen LogP contribution is 2.24. The molecule has 1 amide bonds. The number of anilines is 1. The Hall–Kier alpha value is -1.06. The van der Waals surface area contributed by atoms with Crippen molar-refractivity contribution < 1.29 is 4.79 Å². The first-order valence-electron chi connectivity index (χ1n) is 6.25. The van der Waals surface area contributed by atoms with Gasteiger partial charge >= 0.3 is 0 Å². The van der Waals surface area contributed by atoms with Gasteiger partial charge in [0.05, 0.1) is 5.54 Å². The molecular formula is C14H19ClN2O. The molecule has 1 fully saturated rings. The van der Waals surface area contributed by atoms with Crippen LogP contribution in [0, 0.1) is 0 Å². The average Bonchev–Trinajstić information content (AvgIpc) is 2.39. The summed E-state index contributed by atoms with van der Waals surface area (Å²) in [6, 6.07) is 7.76. The highest BCUT2D eigenvalue weighted by Gasteiger charge is 2.36. The number of hydrogen-bond acceptors (Lipinski definition) is 2. The lowest BCUT2D eigenvalue weighted by Gasteiger charge is -2.29. The van der Waals surface area contributed by atoms with Crippen molar-refractivity contribution in [2.45, 2.75) is 38.8 Å². The van der Waals surface area contributed by atoms with Gasteiger partial charge in [0, 0.05) is 23.3 Å². The van der Waals surface area contributed by atoms with Gasteiger partial charge in [-0.25, -0.2) is 0 Å². The van der Waals surface area contributed by atoms with E-state index in [2.05, 4.69) is 12.2 Å². The maximum absolute atomic E-state index is 12.5. The van der Waals surface area contributed by atoms with Crippen LogP contribution in [0.1, 0.15) is 27.2 Å². The predicted molar refractivity (Wildman–Crippen MR) is 75.1 cm³/mol. The molecule has 98 valence electrons. The van der Waals surface area contributed by atoms with Gasteiger partial charge in [0.15, 0.2) is 0 Å². The topological polar surface area (TPSA) is 32.3 Å². The van der Waals surface area contributed by atoms with Crippen molar-refractivity contribution in [3.8, 4) is 0 Å². The maximum Gasteiger partial charge on any atom is 0.246 e. The summed E-state index contributed by atoms with van der Waals surface area (Å²) < 4.78 is 0. The van der Waals surface area contributed by atoms with Crippen molar-refractivity contribution >= 4 is 23.2 Å². The molecule has 1 saturated heterocycles. The van der Waals surface area contributed by atoms with E-state index in [1.165, 1.54) is 0 Å². The van der Waals surface area contributed by atoms with Crippen molar-refractivity contribution in [3.05, 3.63) is 29.3 Å². The Balaban J connectivity index is 2.31. The van der Waals surface area contributed by atoms with Crippen molar-refractivity contribution in [2.24, 2.45) is 0 Å². The lowest BCUT2D eigenvalue weighted by molar-refractivity contribution is -0.123. The third kappa shape index (κ3) is 2.68. The van der Waals surface area contributed by atoms with Crippen molar-refractivity contribution in [1.29, 1.82) is 0 Å². The molecule has 1 unspecified atom stereocenters. The van der Waals surface area contributed by atoms with Crippen LogP contribution < -0.4 is 10.2 Å². The van der Waals surface area contributed by atoms with Gasteiger partial charge < -0.3 is 10.2 Å².